The number of rotatable bonds is 3. The van der Waals surface area contributed by atoms with E-state index in [1.807, 2.05) is 32.0 Å². The third kappa shape index (κ3) is 4.13. The summed E-state index contributed by atoms with van der Waals surface area (Å²) in [6.45, 7) is 5.23. The molecule has 0 aliphatic carbocycles. The van der Waals surface area contributed by atoms with Gasteiger partial charge in [-0.25, -0.2) is 9.18 Å². The number of likely N-dealkylation sites (tertiary alicyclic amines) is 1. The predicted octanol–water partition coefficient (Wildman–Crippen LogP) is 4.90. The summed E-state index contributed by atoms with van der Waals surface area (Å²) in [6.07, 6.45) is 1.73. The lowest BCUT2D eigenvalue weighted by Gasteiger charge is -2.31. The van der Waals surface area contributed by atoms with Crippen molar-refractivity contribution in [2.45, 2.75) is 32.6 Å². The lowest BCUT2D eigenvalue weighted by molar-refractivity contribution is 0.184. The number of carbonyl (C=O) groups is 1. The molecule has 2 amide bonds. The number of benzene rings is 2. The quantitative estimate of drug-likeness (QED) is 0.686. The summed E-state index contributed by atoms with van der Waals surface area (Å²) in [4.78, 5) is 19.0. The number of halogens is 1. The normalized spacial score (nSPS) is 16.7. The maximum Gasteiger partial charge on any atom is 0.321 e. The molecular weight excluding hydrogens is 371 g/mol. The van der Waals surface area contributed by atoms with Gasteiger partial charge in [0.2, 0.25) is 11.7 Å². The molecule has 1 saturated heterocycles. The highest BCUT2D eigenvalue weighted by Crippen LogP contribution is 2.28. The van der Waals surface area contributed by atoms with Gasteiger partial charge in [0.05, 0.1) is 5.92 Å². The van der Waals surface area contributed by atoms with Gasteiger partial charge < -0.3 is 14.7 Å². The van der Waals surface area contributed by atoms with E-state index < -0.39 is 0 Å². The Labute approximate surface area is 168 Å². The summed E-state index contributed by atoms with van der Waals surface area (Å²) in [7, 11) is 0. The van der Waals surface area contributed by atoms with Crippen LogP contribution in [-0.2, 0) is 0 Å². The molecule has 0 unspecified atom stereocenters. The fourth-order valence-corrected chi connectivity index (χ4v) is 3.56. The minimum absolute atomic E-state index is 0.0187. The molecule has 1 N–H and O–H groups in total. The van der Waals surface area contributed by atoms with Crippen LogP contribution in [0.1, 0.15) is 35.8 Å². The Morgan fingerprint density at radius 3 is 2.79 bits per heavy atom. The lowest BCUT2D eigenvalue weighted by Crippen LogP contribution is -2.41. The van der Waals surface area contributed by atoms with Crippen LogP contribution in [0.5, 0.6) is 0 Å². The molecule has 2 aromatic carbocycles. The molecule has 0 bridgehead atoms. The van der Waals surface area contributed by atoms with Gasteiger partial charge in [-0.15, -0.1) is 0 Å². The molecule has 2 heterocycles. The highest BCUT2D eigenvalue weighted by atomic mass is 19.1. The minimum Gasteiger partial charge on any atom is -0.339 e. The zero-order valence-corrected chi connectivity index (χ0v) is 16.5. The number of aryl methyl sites for hydroxylation is 1. The third-order valence-corrected chi connectivity index (χ3v) is 5.45. The van der Waals surface area contributed by atoms with Gasteiger partial charge in [0.15, 0.2) is 0 Å². The average molecular weight is 394 g/mol. The van der Waals surface area contributed by atoms with Gasteiger partial charge in [0.25, 0.3) is 0 Å². The Hall–Kier alpha value is -3.22. The number of piperidine rings is 1. The lowest BCUT2D eigenvalue weighted by atomic mass is 9.98. The van der Waals surface area contributed by atoms with Crippen LogP contribution in [0.2, 0.25) is 0 Å². The summed E-state index contributed by atoms with van der Waals surface area (Å²) in [6, 6.07) is 11.7. The molecule has 29 heavy (non-hydrogen) atoms. The first-order valence-electron chi connectivity index (χ1n) is 9.73. The first-order valence-corrected chi connectivity index (χ1v) is 9.73. The number of anilines is 1. The molecule has 0 radical (unpaired) electrons. The summed E-state index contributed by atoms with van der Waals surface area (Å²) in [5.74, 6) is 0.607. The first-order chi connectivity index (χ1) is 14.0. The van der Waals surface area contributed by atoms with Crippen LogP contribution in [0.25, 0.3) is 11.4 Å². The van der Waals surface area contributed by atoms with Crippen LogP contribution in [0.15, 0.2) is 47.0 Å². The molecule has 1 aliphatic heterocycles. The average Bonchev–Trinajstić information content (AvgIpc) is 3.22. The first kappa shape index (κ1) is 19.1. The van der Waals surface area contributed by atoms with E-state index >= 15 is 0 Å². The summed E-state index contributed by atoms with van der Waals surface area (Å²) >= 11 is 0. The summed E-state index contributed by atoms with van der Waals surface area (Å²) in [5.41, 5.74) is 3.73. The zero-order valence-electron chi connectivity index (χ0n) is 16.5. The highest BCUT2D eigenvalue weighted by Gasteiger charge is 2.29. The van der Waals surface area contributed by atoms with Crippen LogP contribution < -0.4 is 5.32 Å². The van der Waals surface area contributed by atoms with Crippen molar-refractivity contribution >= 4 is 11.7 Å². The fraction of sp³-hybridized carbons (Fsp3) is 0.318. The van der Waals surface area contributed by atoms with Crippen molar-refractivity contribution in [3.8, 4) is 11.4 Å². The van der Waals surface area contributed by atoms with E-state index in [-0.39, 0.29) is 17.8 Å². The van der Waals surface area contributed by atoms with Crippen LogP contribution in [0, 0.1) is 19.7 Å². The largest absolute Gasteiger partial charge is 0.339 e. The Balaban J connectivity index is 1.45. The maximum atomic E-state index is 13.1. The maximum absolute atomic E-state index is 13.1. The van der Waals surface area contributed by atoms with Crippen molar-refractivity contribution in [3.05, 3.63) is 65.3 Å². The molecular formula is C22H23FN4O2. The summed E-state index contributed by atoms with van der Waals surface area (Å²) < 4.78 is 18.6. The SMILES string of the molecule is Cc1cccc(NC(=O)N2CCC[C@H](c3nc(-c4ccc(F)cc4)no3)C2)c1C. The van der Waals surface area contributed by atoms with Gasteiger partial charge in [-0.2, -0.15) is 4.98 Å². The Morgan fingerprint density at radius 2 is 2.00 bits per heavy atom. The molecule has 1 atom stereocenters. The monoisotopic (exact) mass is 394 g/mol. The van der Waals surface area contributed by atoms with Crippen LogP contribution in [-0.4, -0.2) is 34.2 Å². The Morgan fingerprint density at radius 1 is 1.21 bits per heavy atom. The number of nitrogens with one attached hydrogen (secondary N) is 1. The fourth-order valence-electron chi connectivity index (χ4n) is 3.56. The van der Waals surface area contributed by atoms with Crippen LogP contribution in [0.4, 0.5) is 14.9 Å². The minimum atomic E-state index is -0.310. The molecule has 6 nitrogen and oxygen atoms in total. The number of nitrogens with zero attached hydrogens (tertiary/aromatic N) is 3. The zero-order chi connectivity index (χ0) is 20.4. The van der Waals surface area contributed by atoms with Gasteiger partial charge in [-0.1, -0.05) is 17.3 Å². The molecule has 1 aliphatic rings. The standard InChI is InChI=1S/C22H23FN4O2/c1-14-5-3-7-19(15(14)2)24-22(28)27-12-4-6-17(13-27)21-25-20(26-29-21)16-8-10-18(23)11-9-16/h3,5,7-11,17H,4,6,12-13H2,1-2H3,(H,24,28)/t17-/m0/s1. The van der Waals surface area contributed by atoms with Gasteiger partial charge in [0, 0.05) is 24.3 Å². The van der Waals surface area contributed by atoms with Crippen molar-refractivity contribution in [3.63, 3.8) is 0 Å². The number of hydrogen-bond donors (Lipinski definition) is 1. The molecule has 150 valence electrons. The van der Waals surface area contributed by atoms with Crippen LogP contribution in [0.3, 0.4) is 0 Å². The van der Waals surface area contributed by atoms with Crippen molar-refractivity contribution in [1.29, 1.82) is 0 Å². The van der Waals surface area contributed by atoms with Crippen molar-refractivity contribution < 1.29 is 13.7 Å². The molecule has 1 fully saturated rings. The molecule has 1 aromatic heterocycles. The highest BCUT2D eigenvalue weighted by molar-refractivity contribution is 5.90. The van der Waals surface area contributed by atoms with E-state index in [1.54, 1.807) is 17.0 Å². The Kier molecular flexibility index (Phi) is 5.29. The smallest absolute Gasteiger partial charge is 0.321 e. The van der Waals surface area contributed by atoms with Gasteiger partial charge in [0.1, 0.15) is 5.82 Å². The van der Waals surface area contributed by atoms with Crippen molar-refractivity contribution in [1.82, 2.24) is 15.0 Å². The van der Waals surface area contributed by atoms with Crippen molar-refractivity contribution in [2.24, 2.45) is 0 Å². The molecule has 7 heteroatoms. The number of aromatic nitrogens is 2. The van der Waals surface area contributed by atoms with E-state index in [2.05, 4.69) is 15.5 Å². The van der Waals surface area contributed by atoms with Gasteiger partial charge >= 0.3 is 6.03 Å². The third-order valence-electron chi connectivity index (χ3n) is 5.45. The molecule has 0 saturated carbocycles. The molecule has 3 aromatic rings. The number of urea groups is 1. The Bertz CT molecular complexity index is 1020. The van der Waals surface area contributed by atoms with E-state index in [0.29, 0.717) is 30.4 Å². The predicted molar refractivity (Wildman–Crippen MR) is 108 cm³/mol. The van der Waals surface area contributed by atoms with Crippen molar-refractivity contribution in [2.75, 3.05) is 18.4 Å². The topological polar surface area (TPSA) is 71.3 Å². The van der Waals surface area contributed by atoms with Crippen LogP contribution >= 0.6 is 0 Å². The van der Waals surface area contributed by atoms with E-state index in [4.69, 9.17) is 4.52 Å². The second-order valence-corrected chi connectivity index (χ2v) is 7.43. The number of hydrogen-bond acceptors (Lipinski definition) is 4. The molecule has 4 rings (SSSR count). The number of carbonyl (C=O) groups excluding carboxylic acids is 1. The van der Waals surface area contributed by atoms with E-state index in [1.165, 1.54) is 12.1 Å². The summed E-state index contributed by atoms with van der Waals surface area (Å²) in [5, 5.41) is 7.04. The second kappa shape index (κ2) is 8.03. The van der Waals surface area contributed by atoms with Gasteiger partial charge in [-0.05, 0) is 68.1 Å². The van der Waals surface area contributed by atoms with Gasteiger partial charge in [-0.3, -0.25) is 0 Å². The number of amides is 2. The second-order valence-electron chi connectivity index (χ2n) is 7.43. The molecule has 0 spiro atoms. The van der Waals surface area contributed by atoms with E-state index in [9.17, 15) is 9.18 Å². The van der Waals surface area contributed by atoms with E-state index in [0.717, 1.165) is 29.7 Å².